The number of piperazine rings is 2. The highest BCUT2D eigenvalue weighted by Gasteiger charge is 2.34. The van der Waals surface area contributed by atoms with Crippen LogP contribution in [0.4, 0.5) is 11.4 Å². The third-order valence-electron chi connectivity index (χ3n) is 12.2. The Bertz CT molecular complexity index is 1760. The Hall–Kier alpha value is -2.86. The lowest BCUT2D eigenvalue weighted by molar-refractivity contribution is -0.941. The highest BCUT2D eigenvalue weighted by Crippen LogP contribution is 2.27. The highest BCUT2D eigenvalue weighted by molar-refractivity contribution is 7.99. The van der Waals surface area contributed by atoms with Gasteiger partial charge >= 0.3 is 0 Å². The molecule has 1 aromatic heterocycles. The second-order valence-electron chi connectivity index (χ2n) is 16.4. The van der Waals surface area contributed by atoms with Crippen molar-refractivity contribution in [2.75, 3.05) is 86.8 Å². The molecule has 0 aliphatic carbocycles. The molecule has 0 saturated carbocycles. The SMILES string of the molecule is Cc1cc(SCCCCC[N+]2(Cc3ccccc3)CCN(c3ccccc3)CC2)nc(SCCCCC[N+]2(Cc3ccccc3)CCN(c3ccccc3)CC2)n1.[Br-].[Br-]. The van der Waals surface area contributed by atoms with Gasteiger partial charge in [-0.25, -0.2) is 9.97 Å². The van der Waals surface area contributed by atoms with Gasteiger partial charge in [0.2, 0.25) is 0 Å². The van der Waals surface area contributed by atoms with Crippen LogP contribution in [-0.4, -0.2) is 95.9 Å². The second-order valence-corrected chi connectivity index (χ2v) is 18.6. The van der Waals surface area contributed by atoms with Crippen LogP contribution in [0.2, 0.25) is 0 Å². The Labute approximate surface area is 384 Å². The third kappa shape index (κ3) is 14.6. The molecule has 4 aromatic carbocycles. The van der Waals surface area contributed by atoms with Crippen molar-refractivity contribution >= 4 is 34.9 Å². The van der Waals surface area contributed by atoms with Crippen LogP contribution in [0.3, 0.4) is 0 Å². The van der Waals surface area contributed by atoms with E-state index in [4.69, 9.17) is 9.97 Å². The van der Waals surface area contributed by atoms with E-state index in [0.717, 1.165) is 66.7 Å². The van der Waals surface area contributed by atoms with Gasteiger partial charge in [0.05, 0.1) is 65.4 Å². The second kappa shape index (κ2) is 24.5. The largest absolute Gasteiger partial charge is 1.00 e. The maximum atomic E-state index is 5.00. The van der Waals surface area contributed by atoms with Gasteiger partial charge < -0.3 is 52.7 Å². The lowest BCUT2D eigenvalue weighted by atomic mass is 10.1. The molecule has 0 atom stereocenters. The van der Waals surface area contributed by atoms with Crippen molar-refractivity contribution in [3.8, 4) is 0 Å². The molecule has 0 bridgehead atoms. The number of halogens is 2. The fraction of sp³-hybridized carbons (Fsp3) is 0.429. The lowest BCUT2D eigenvalue weighted by Crippen LogP contribution is -3.00. The maximum Gasteiger partial charge on any atom is 0.188 e. The normalized spacial score (nSPS) is 15.9. The predicted octanol–water partition coefficient (Wildman–Crippen LogP) is 4.39. The van der Waals surface area contributed by atoms with Crippen LogP contribution >= 0.6 is 23.5 Å². The first kappa shape index (κ1) is 47.2. The first-order chi connectivity index (χ1) is 28.1. The van der Waals surface area contributed by atoms with E-state index in [1.54, 1.807) is 0 Å². The molecule has 5 aromatic rings. The Morgan fingerprint density at radius 1 is 0.492 bits per heavy atom. The van der Waals surface area contributed by atoms with E-state index in [1.165, 1.54) is 109 Å². The summed E-state index contributed by atoms with van der Waals surface area (Å²) >= 11 is 3.76. The molecule has 0 spiro atoms. The molecule has 10 heteroatoms. The van der Waals surface area contributed by atoms with Crippen LogP contribution in [0, 0.1) is 6.92 Å². The summed E-state index contributed by atoms with van der Waals surface area (Å²) in [5, 5.41) is 2.08. The van der Waals surface area contributed by atoms with Gasteiger partial charge in [0.25, 0.3) is 0 Å². The molecule has 0 amide bonds. The number of hydrogen-bond acceptors (Lipinski definition) is 6. The first-order valence-corrected chi connectivity index (χ1v) is 23.5. The smallest absolute Gasteiger partial charge is 0.188 e. The predicted molar refractivity (Wildman–Crippen MR) is 243 cm³/mol. The van der Waals surface area contributed by atoms with Gasteiger partial charge in [0.1, 0.15) is 18.1 Å². The number of rotatable bonds is 20. The zero-order valence-electron chi connectivity index (χ0n) is 35.0. The van der Waals surface area contributed by atoms with Crippen molar-refractivity contribution in [2.24, 2.45) is 0 Å². The zero-order chi connectivity index (χ0) is 39.0. The average molecular weight is 961 g/mol. The summed E-state index contributed by atoms with van der Waals surface area (Å²) < 4.78 is 2.40. The van der Waals surface area contributed by atoms with E-state index < -0.39 is 0 Å². The molecule has 2 aliphatic heterocycles. The monoisotopic (exact) mass is 958 g/mol. The molecule has 3 heterocycles. The summed E-state index contributed by atoms with van der Waals surface area (Å²) in [6.45, 7) is 16.3. The number of benzene rings is 4. The van der Waals surface area contributed by atoms with Crippen molar-refractivity contribution < 1.29 is 42.9 Å². The molecule has 6 nitrogen and oxygen atoms in total. The highest BCUT2D eigenvalue weighted by atomic mass is 79.9. The summed E-state index contributed by atoms with van der Waals surface area (Å²) in [5.41, 5.74) is 6.74. The number of quaternary nitrogens is 2. The Kier molecular flexibility index (Phi) is 19.6. The summed E-state index contributed by atoms with van der Waals surface area (Å²) in [6, 6.07) is 46.4. The minimum Gasteiger partial charge on any atom is -1.00 e. The summed E-state index contributed by atoms with van der Waals surface area (Å²) in [4.78, 5) is 15.0. The molecule has 59 heavy (non-hydrogen) atoms. The van der Waals surface area contributed by atoms with Crippen LogP contribution in [0.25, 0.3) is 0 Å². The van der Waals surface area contributed by atoms with Gasteiger partial charge in [-0.1, -0.05) is 109 Å². The number of nitrogens with zero attached hydrogens (tertiary/aromatic N) is 6. The van der Waals surface area contributed by atoms with Gasteiger partial charge in [-0.15, -0.1) is 11.8 Å². The van der Waals surface area contributed by atoms with Gasteiger partial charge in [-0.05, 0) is 81.5 Å². The maximum absolute atomic E-state index is 5.00. The fourth-order valence-corrected chi connectivity index (χ4v) is 10.8. The topological polar surface area (TPSA) is 32.3 Å². The van der Waals surface area contributed by atoms with Crippen LogP contribution < -0.4 is 43.8 Å². The van der Waals surface area contributed by atoms with Gasteiger partial charge in [0, 0.05) is 33.9 Å². The molecule has 2 aliphatic rings. The number of unbranched alkanes of at least 4 members (excludes halogenated alkanes) is 4. The van der Waals surface area contributed by atoms with Gasteiger partial charge in [0.15, 0.2) is 5.16 Å². The van der Waals surface area contributed by atoms with E-state index >= 15 is 0 Å². The van der Waals surface area contributed by atoms with E-state index in [1.807, 2.05) is 23.5 Å². The van der Waals surface area contributed by atoms with Crippen molar-refractivity contribution in [1.82, 2.24) is 9.97 Å². The van der Waals surface area contributed by atoms with E-state index in [2.05, 4.69) is 144 Å². The molecular formula is C49H64Br2N6S2. The Morgan fingerprint density at radius 2 is 0.898 bits per heavy atom. The van der Waals surface area contributed by atoms with Gasteiger partial charge in [-0.3, -0.25) is 0 Å². The first-order valence-electron chi connectivity index (χ1n) is 21.5. The van der Waals surface area contributed by atoms with E-state index in [0.29, 0.717) is 0 Å². The van der Waals surface area contributed by atoms with Crippen LogP contribution in [0.15, 0.2) is 138 Å². The molecule has 2 fully saturated rings. The summed E-state index contributed by atoms with van der Waals surface area (Å²) in [7, 11) is 0. The number of aryl methyl sites for hydroxylation is 1. The standard InChI is InChI=1S/C49H64N6S2.2BrH/c1-43-40-48(56-38-18-6-16-32-54(41-44-20-8-2-9-21-44)34-28-52(29-35-54)46-24-12-4-13-25-46)51-49(50-43)57-39-19-7-17-33-55(42-45-22-10-3-11-23-45)36-30-53(31-37-55)47-26-14-5-15-27-47;;/h2-5,8-15,20-27,40H,6-7,16-19,28-39,41-42H2,1H3;2*1H/q+2;;/p-2. The quantitative estimate of drug-likeness (QED) is 0.0379. The molecule has 0 radical (unpaired) electrons. The zero-order valence-corrected chi connectivity index (χ0v) is 39.8. The molecular weight excluding hydrogens is 897 g/mol. The van der Waals surface area contributed by atoms with E-state index in [9.17, 15) is 0 Å². The van der Waals surface area contributed by atoms with Gasteiger partial charge in [-0.2, -0.15) is 0 Å². The number of anilines is 2. The van der Waals surface area contributed by atoms with Crippen LogP contribution in [-0.2, 0) is 13.1 Å². The number of hydrogen-bond donors (Lipinski definition) is 0. The third-order valence-corrected chi connectivity index (χ3v) is 14.1. The number of para-hydroxylation sites is 2. The Balaban J connectivity index is 0.00000331. The van der Waals surface area contributed by atoms with Crippen molar-refractivity contribution in [1.29, 1.82) is 0 Å². The average Bonchev–Trinajstić information content (AvgIpc) is 3.25. The molecule has 316 valence electrons. The molecule has 0 unspecified atom stereocenters. The van der Waals surface area contributed by atoms with Crippen molar-refractivity contribution in [3.05, 3.63) is 144 Å². The molecule has 0 N–H and O–H groups in total. The van der Waals surface area contributed by atoms with Crippen molar-refractivity contribution in [3.63, 3.8) is 0 Å². The number of thioether (sulfide) groups is 2. The Morgan fingerprint density at radius 3 is 1.34 bits per heavy atom. The summed E-state index contributed by atoms with van der Waals surface area (Å²) in [6.07, 6.45) is 7.52. The minimum atomic E-state index is 0. The fourth-order valence-electron chi connectivity index (χ4n) is 8.88. The van der Waals surface area contributed by atoms with Crippen molar-refractivity contribution in [2.45, 2.75) is 68.7 Å². The van der Waals surface area contributed by atoms with Crippen LogP contribution in [0.1, 0.15) is 55.3 Å². The summed E-state index contributed by atoms with van der Waals surface area (Å²) in [5.74, 6) is 2.20. The molecule has 7 rings (SSSR count). The lowest BCUT2D eigenvalue weighted by Gasteiger charge is -2.46. The molecule has 2 saturated heterocycles. The van der Waals surface area contributed by atoms with E-state index in [-0.39, 0.29) is 34.0 Å². The number of aromatic nitrogens is 2. The minimum absolute atomic E-state index is 0. The van der Waals surface area contributed by atoms with Crippen LogP contribution in [0.5, 0.6) is 0 Å².